The molecule has 1 aromatic carbocycles. The summed E-state index contributed by atoms with van der Waals surface area (Å²) in [6.45, 7) is 7.24. The molecule has 4 N–H and O–H groups in total. The lowest BCUT2D eigenvalue weighted by molar-refractivity contribution is 0.594. The zero-order valence-electron chi connectivity index (χ0n) is 17.4. The lowest BCUT2D eigenvalue weighted by Gasteiger charge is -2.09. The van der Waals surface area contributed by atoms with Gasteiger partial charge in [0.2, 0.25) is 10.2 Å². The number of hydrogen-bond acceptors (Lipinski definition) is 5. The van der Waals surface area contributed by atoms with Crippen LogP contribution in [0.4, 0.5) is 10.1 Å². The molecule has 2 heterocycles. The molecule has 6 nitrogen and oxygen atoms in total. The molecule has 3 aromatic rings. The highest BCUT2D eigenvalue weighted by Gasteiger charge is 2.24. The number of aromatic nitrogens is 1. The van der Waals surface area contributed by atoms with E-state index < -0.39 is 11.2 Å². The monoisotopic (exact) mass is 457 g/mol. The summed E-state index contributed by atoms with van der Waals surface area (Å²) in [6, 6.07) is 8.04. The molecule has 0 radical (unpaired) electrons. The molecule has 2 aromatic heterocycles. The Kier molecular flexibility index (Phi) is 7.42. The molecule has 0 spiro atoms. The van der Waals surface area contributed by atoms with E-state index in [1.54, 1.807) is 18.3 Å². The number of guanidine groups is 1. The maximum Gasteiger partial charge on any atom is 0.232 e. The molecule has 9 heteroatoms. The highest BCUT2D eigenvalue weighted by molar-refractivity contribution is 7.93. The molecule has 3 rings (SSSR count). The molecule has 0 aliphatic rings. The molecule has 162 valence electrons. The summed E-state index contributed by atoms with van der Waals surface area (Å²) >= 11 is 0.125. The standard InChI is InChI=1S/C22H24FN5OS2/c1-4-5-10-31(29)21-19(24)18-16(14-6-8-15(23)9-7-14)11-17(28-20(18)30-21)13(2)12-27-22(25)26-3/h6-9,11-12H,3-5,10,24H2,1-2H3,(H2,25,27)/b13-12+/t31-/m0/s1. The molecule has 31 heavy (non-hydrogen) atoms. The average Bonchev–Trinajstić information content (AvgIpc) is 3.12. The summed E-state index contributed by atoms with van der Waals surface area (Å²) in [5.74, 6) is 0.271. The van der Waals surface area contributed by atoms with Crippen molar-refractivity contribution in [3.05, 3.63) is 48.0 Å². The highest BCUT2D eigenvalue weighted by atomic mass is 32.2. The summed E-state index contributed by atoms with van der Waals surface area (Å²) < 4.78 is 27.0. The van der Waals surface area contributed by atoms with Gasteiger partial charge < -0.3 is 16.0 Å². The molecular weight excluding hydrogens is 433 g/mol. The van der Waals surface area contributed by atoms with Crippen molar-refractivity contribution in [3.63, 3.8) is 0 Å². The Labute approximate surface area is 187 Å². The summed E-state index contributed by atoms with van der Waals surface area (Å²) in [6.07, 6.45) is 3.36. The van der Waals surface area contributed by atoms with Crippen molar-refractivity contribution < 1.29 is 8.94 Å². The van der Waals surface area contributed by atoms with Crippen LogP contribution in [0.2, 0.25) is 0 Å². The molecule has 0 saturated carbocycles. The van der Waals surface area contributed by atoms with Crippen LogP contribution in [0.1, 0.15) is 32.4 Å². The summed E-state index contributed by atoms with van der Waals surface area (Å²) in [5.41, 5.74) is 15.5. The normalized spacial score (nSPS) is 13.5. The number of unbranched alkanes of at least 4 members (excludes halogenated alkanes) is 1. The fourth-order valence-corrected chi connectivity index (χ4v) is 5.76. The first-order chi connectivity index (χ1) is 14.8. The molecule has 0 aliphatic carbocycles. The van der Waals surface area contributed by atoms with Gasteiger partial charge in [0.05, 0.1) is 5.69 Å². The smallest absolute Gasteiger partial charge is 0.232 e. The average molecular weight is 458 g/mol. The highest BCUT2D eigenvalue weighted by Crippen LogP contribution is 2.43. The van der Waals surface area contributed by atoms with Crippen LogP contribution in [0.3, 0.4) is 0 Å². The number of pyridine rings is 1. The fraction of sp³-hybridized carbons (Fsp3) is 0.227. The van der Waals surface area contributed by atoms with Gasteiger partial charge in [-0.25, -0.2) is 19.4 Å². The number of allylic oxidation sites excluding steroid dienone is 1. The van der Waals surface area contributed by atoms with Crippen LogP contribution in [0.25, 0.3) is 26.9 Å². The second kappa shape index (κ2) is 10.0. The largest absolute Gasteiger partial charge is 0.611 e. The van der Waals surface area contributed by atoms with Crippen molar-refractivity contribution in [2.75, 3.05) is 11.5 Å². The first-order valence-electron chi connectivity index (χ1n) is 9.70. The van der Waals surface area contributed by atoms with Gasteiger partial charge in [0.15, 0.2) is 0 Å². The van der Waals surface area contributed by atoms with Gasteiger partial charge in [0.1, 0.15) is 22.1 Å². The Balaban J connectivity index is 2.22. The van der Waals surface area contributed by atoms with Gasteiger partial charge in [-0.3, -0.25) is 0 Å². The molecule has 0 saturated heterocycles. The van der Waals surface area contributed by atoms with Crippen LogP contribution in [0.15, 0.2) is 50.7 Å². The number of fused-ring (bicyclic) bond motifs is 1. The maximum absolute atomic E-state index is 13.5. The van der Waals surface area contributed by atoms with E-state index in [0.717, 1.165) is 34.9 Å². The number of nitrogen functional groups attached to an aromatic ring is 1. The van der Waals surface area contributed by atoms with Crippen LogP contribution >= 0.6 is 11.3 Å². The number of rotatable bonds is 7. The number of anilines is 1. The number of halogens is 1. The lowest BCUT2D eigenvalue weighted by Crippen LogP contribution is -2.06. The van der Waals surface area contributed by atoms with E-state index in [1.165, 1.54) is 23.5 Å². The number of thiophene rings is 1. The molecule has 0 fully saturated rings. The third-order valence-corrected chi connectivity index (χ3v) is 7.66. The Hall–Kier alpha value is -2.75. The SMILES string of the molecule is C=N/C(N)=N\C=C(/C)c1cc(-c2ccc(F)cc2)c2c(N)c([S@@+]([O-])CCCC)sc2n1. The van der Waals surface area contributed by atoms with Crippen LogP contribution in [0.5, 0.6) is 0 Å². The van der Waals surface area contributed by atoms with Crippen LogP contribution in [0, 0.1) is 5.82 Å². The Morgan fingerprint density at radius 2 is 2.06 bits per heavy atom. The number of nitrogens with zero attached hydrogens (tertiary/aromatic N) is 3. The van der Waals surface area contributed by atoms with Crippen LogP contribution < -0.4 is 11.5 Å². The van der Waals surface area contributed by atoms with Crippen molar-refractivity contribution in [1.82, 2.24) is 4.98 Å². The third kappa shape index (κ3) is 5.12. The minimum Gasteiger partial charge on any atom is -0.611 e. The van der Waals surface area contributed by atoms with Crippen molar-refractivity contribution in [2.24, 2.45) is 15.7 Å². The summed E-state index contributed by atoms with van der Waals surface area (Å²) in [4.78, 5) is 13.0. The number of nitrogens with two attached hydrogens (primary N) is 2. The predicted molar refractivity (Wildman–Crippen MR) is 130 cm³/mol. The van der Waals surface area contributed by atoms with Crippen molar-refractivity contribution in [3.8, 4) is 11.1 Å². The van der Waals surface area contributed by atoms with Gasteiger partial charge >= 0.3 is 0 Å². The topological polar surface area (TPSA) is 113 Å². The number of benzene rings is 1. The van der Waals surface area contributed by atoms with Gasteiger partial charge in [-0.15, -0.1) is 0 Å². The van der Waals surface area contributed by atoms with E-state index in [1.807, 2.05) is 13.0 Å². The zero-order valence-corrected chi connectivity index (χ0v) is 19.0. The number of hydrogen-bond donors (Lipinski definition) is 2. The van der Waals surface area contributed by atoms with Gasteiger partial charge in [0, 0.05) is 11.6 Å². The quantitative estimate of drug-likeness (QED) is 0.296. The Morgan fingerprint density at radius 1 is 1.35 bits per heavy atom. The van der Waals surface area contributed by atoms with E-state index in [2.05, 4.69) is 23.6 Å². The van der Waals surface area contributed by atoms with E-state index >= 15 is 0 Å². The Bertz CT molecular complexity index is 1150. The molecule has 0 unspecified atom stereocenters. The fourth-order valence-electron chi connectivity index (χ4n) is 2.97. The van der Waals surface area contributed by atoms with E-state index in [0.29, 0.717) is 26.2 Å². The van der Waals surface area contributed by atoms with Gasteiger partial charge in [-0.1, -0.05) is 36.8 Å². The summed E-state index contributed by atoms with van der Waals surface area (Å²) in [5, 5.41) is 0.726. The minimum atomic E-state index is -1.20. The zero-order chi connectivity index (χ0) is 22.5. The van der Waals surface area contributed by atoms with E-state index in [4.69, 9.17) is 16.5 Å². The molecular formula is C22H24FN5OS2. The van der Waals surface area contributed by atoms with Crippen molar-refractivity contribution in [2.45, 2.75) is 30.9 Å². The van der Waals surface area contributed by atoms with Crippen LogP contribution in [-0.4, -0.2) is 28.0 Å². The third-order valence-electron chi connectivity index (χ3n) is 4.67. The lowest BCUT2D eigenvalue weighted by atomic mass is 10.0. The second-order valence-corrected chi connectivity index (χ2v) is 9.67. The van der Waals surface area contributed by atoms with E-state index in [-0.39, 0.29) is 11.8 Å². The molecule has 0 bridgehead atoms. The van der Waals surface area contributed by atoms with Crippen molar-refractivity contribution in [1.29, 1.82) is 0 Å². The van der Waals surface area contributed by atoms with Gasteiger partial charge in [0.25, 0.3) is 0 Å². The van der Waals surface area contributed by atoms with Gasteiger partial charge in [-0.2, -0.15) is 0 Å². The number of aliphatic imine (C=N–C) groups is 2. The predicted octanol–water partition coefficient (Wildman–Crippen LogP) is 4.97. The van der Waals surface area contributed by atoms with Crippen molar-refractivity contribution >= 4 is 56.7 Å². The molecule has 0 amide bonds. The minimum absolute atomic E-state index is 0.0492. The molecule has 1 atom stereocenters. The first kappa shape index (κ1) is 22.9. The molecule has 0 aliphatic heterocycles. The Morgan fingerprint density at radius 3 is 2.71 bits per heavy atom. The summed E-state index contributed by atoms with van der Waals surface area (Å²) in [7, 11) is 0. The van der Waals surface area contributed by atoms with Gasteiger partial charge in [-0.05, 0) is 66.1 Å². The van der Waals surface area contributed by atoms with E-state index in [9.17, 15) is 8.94 Å². The first-order valence-corrected chi connectivity index (χ1v) is 11.8. The van der Waals surface area contributed by atoms with Crippen LogP contribution in [-0.2, 0) is 11.2 Å². The maximum atomic E-state index is 13.5. The second-order valence-electron chi connectivity index (χ2n) is 6.91.